The largest absolute Gasteiger partial charge is 0.295 e. The Bertz CT molecular complexity index is 209. The number of hydrogen-bond acceptors (Lipinski definition) is 1. The highest BCUT2D eigenvalue weighted by molar-refractivity contribution is 5.91. The normalized spacial score (nSPS) is 27.8. The van der Waals surface area contributed by atoms with Crippen molar-refractivity contribution in [3.63, 3.8) is 0 Å². The first-order chi connectivity index (χ1) is 5.81. The highest BCUT2D eigenvalue weighted by Crippen LogP contribution is 2.44. The molecule has 0 unspecified atom stereocenters. The summed E-state index contributed by atoms with van der Waals surface area (Å²) in [6.07, 6.45) is 12.4. The number of carbonyl (C=O) groups is 1. The standard InChI is InChI=1S/C11H16O/c12-10-5-4-8-11(9-10)6-2-1-3-7-11/h4-5H,1-3,6-9H2. The Morgan fingerprint density at radius 2 is 1.92 bits per heavy atom. The molecule has 1 spiro atoms. The zero-order valence-electron chi connectivity index (χ0n) is 7.51. The van der Waals surface area contributed by atoms with E-state index in [0.29, 0.717) is 11.2 Å². The molecule has 0 aromatic heterocycles. The van der Waals surface area contributed by atoms with Crippen LogP contribution in [-0.2, 0) is 4.79 Å². The zero-order valence-corrected chi connectivity index (χ0v) is 7.51. The lowest BCUT2D eigenvalue weighted by Crippen LogP contribution is -2.28. The van der Waals surface area contributed by atoms with E-state index < -0.39 is 0 Å². The topological polar surface area (TPSA) is 17.1 Å². The van der Waals surface area contributed by atoms with Crippen LogP contribution in [0.2, 0.25) is 0 Å². The third-order valence-corrected chi connectivity index (χ3v) is 3.32. The molecule has 0 radical (unpaired) electrons. The van der Waals surface area contributed by atoms with E-state index in [9.17, 15) is 4.79 Å². The van der Waals surface area contributed by atoms with Gasteiger partial charge in [0.25, 0.3) is 0 Å². The van der Waals surface area contributed by atoms with Crippen LogP contribution in [0.5, 0.6) is 0 Å². The number of ketones is 1. The van der Waals surface area contributed by atoms with Gasteiger partial charge >= 0.3 is 0 Å². The lowest BCUT2D eigenvalue weighted by atomic mass is 9.67. The van der Waals surface area contributed by atoms with Gasteiger partial charge in [-0.2, -0.15) is 0 Å². The summed E-state index contributed by atoms with van der Waals surface area (Å²) >= 11 is 0. The lowest BCUT2D eigenvalue weighted by Gasteiger charge is -2.37. The first kappa shape index (κ1) is 8.03. The first-order valence-corrected chi connectivity index (χ1v) is 5.00. The molecular weight excluding hydrogens is 148 g/mol. The maximum atomic E-state index is 11.2. The number of hydrogen-bond donors (Lipinski definition) is 0. The summed E-state index contributed by atoms with van der Waals surface area (Å²) in [4.78, 5) is 11.2. The molecule has 66 valence electrons. The van der Waals surface area contributed by atoms with Crippen LogP contribution in [0.25, 0.3) is 0 Å². The smallest absolute Gasteiger partial charge is 0.155 e. The van der Waals surface area contributed by atoms with Gasteiger partial charge in [0.2, 0.25) is 0 Å². The van der Waals surface area contributed by atoms with E-state index in [1.54, 1.807) is 6.08 Å². The van der Waals surface area contributed by atoms with Crippen LogP contribution in [0.15, 0.2) is 12.2 Å². The van der Waals surface area contributed by atoms with Gasteiger partial charge in [-0.05, 0) is 30.8 Å². The first-order valence-electron chi connectivity index (χ1n) is 5.00. The second kappa shape index (κ2) is 3.04. The summed E-state index contributed by atoms with van der Waals surface area (Å²) in [6.45, 7) is 0. The average molecular weight is 164 g/mol. The molecule has 0 saturated heterocycles. The van der Waals surface area contributed by atoms with E-state index in [1.165, 1.54) is 32.1 Å². The SMILES string of the molecule is O=C1C=CCC2(CCCCC2)C1. The number of rotatable bonds is 0. The Morgan fingerprint density at radius 3 is 2.58 bits per heavy atom. The minimum atomic E-state index is 0.350. The lowest BCUT2D eigenvalue weighted by molar-refractivity contribution is -0.117. The third kappa shape index (κ3) is 1.45. The maximum absolute atomic E-state index is 11.2. The van der Waals surface area contributed by atoms with Gasteiger partial charge in [-0.15, -0.1) is 0 Å². The van der Waals surface area contributed by atoms with Crippen LogP contribution in [0.1, 0.15) is 44.9 Å². The third-order valence-electron chi connectivity index (χ3n) is 3.32. The minimum Gasteiger partial charge on any atom is -0.295 e. The van der Waals surface area contributed by atoms with E-state index in [1.807, 2.05) is 0 Å². The van der Waals surface area contributed by atoms with Gasteiger partial charge in [-0.1, -0.05) is 25.3 Å². The molecule has 0 N–H and O–H groups in total. The molecule has 0 atom stereocenters. The summed E-state index contributed by atoms with van der Waals surface area (Å²) in [5, 5.41) is 0. The Hall–Kier alpha value is -0.590. The van der Waals surface area contributed by atoms with Crippen molar-refractivity contribution < 1.29 is 4.79 Å². The maximum Gasteiger partial charge on any atom is 0.155 e. The van der Waals surface area contributed by atoms with E-state index in [-0.39, 0.29) is 0 Å². The Labute approximate surface area is 73.8 Å². The fraction of sp³-hybridized carbons (Fsp3) is 0.727. The Morgan fingerprint density at radius 1 is 1.17 bits per heavy atom. The van der Waals surface area contributed by atoms with Crippen molar-refractivity contribution in [2.75, 3.05) is 0 Å². The van der Waals surface area contributed by atoms with Gasteiger partial charge < -0.3 is 0 Å². The molecule has 12 heavy (non-hydrogen) atoms. The molecule has 0 bridgehead atoms. The van der Waals surface area contributed by atoms with E-state index >= 15 is 0 Å². The predicted octanol–water partition coefficient (Wildman–Crippen LogP) is 2.86. The van der Waals surface area contributed by atoms with Crippen molar-refractivity contribution in [1.82, 2.24) is 0 Å². The molecule has 1 fully saturated rings. The molecular formula is C11H16O. The van der Waals surface area contributed by atoms with Crippen molar-refractivity contribution in [3.8, 4) is 0 Å². The van der Waals surface area contributed by atoms with Gasteiger partial charge in [0.15, 0.2) is 5.78 Å². The molecule has 1 heteroatoms. The summed E-state index contributed by atoms with van der Waals surface area (Å²) in [5.41, 5.74) is 0.393. The zero-order chi connectivity index (χ0) is 8.44. The Balaban J connectivity index is 2.09. The summed E-state index contributed by atoms with van der Waals surface area (Å²) in [7, 11) is 0. The second-order valence-corrected chi connectivity index (χ2v) is 4.31. The van der Waals surface area contributed by atoms with Crippen LogP contribution in [-0.4, -0.2) is 5.78 Å². The van der Waals surface area contributed by atoms with Crippen molar-refractivity contribution >= 4 is 5.78 Å². The van der Waals surface area contributed by atoms with Gasteiger partial charge in [-0.3, -0.25) is 4.79 Å². The molecule has 1 saturated carbocycles. The van der Waals surface area contributed by atoms with Gasteiger partial charge in [-0.25, -0.2) is 0 Å². The molecule has 2 aliphatic rings. The molecule has 0 amide bonds. The van der Waals surface area contributed by atoms with E-state index in [0.717, 1.165) is 12.8 Å². The monoisotopic (exact) mass is 164 g/mol. The fourth-order valence-corrected chi connectivity index (χ4v) is 2.62. The van der Waals surface area contributed by atoms with Crippen molar-refractivity contribution in [3.05, 3.63) is 12.2 Å². The summed E-state index contributed by atoms with van der Waals surface area (Å²) in [5.74, 6) is 0.350. The Kier molecular flexibility index (Phi) is 2.03. The highest BCUT2D eigenvalue weighted by Gasteiger charge is 2.34. The minimum absolute atomic E-state index is 0.350. The average Bonchev–Trinajstić information content (AvgIpc) is 2.05. The molecule has 0 aromatic rings. The molecule has 0 heterocycles. The van der Waals surface area contributed by atoms with Crippen LogP contribution in [0.4, 0.5) is 0 Å². The molecule has 2 aliphatic carbocycles. The molecule has 0 aliphatic heterocycles. The highest BCUT2D eigenvalue weighted by atomic mass is 16.1. The van der Waals surface area contributed by atoms with Crippen LogP contribution >= 0.6 is 0 Å². The molecule has 2 rings (SSSR count). The van der Waals surface area contributed by atoms with Crippen molar-refractivity contribution in [2.24, 2.45) is 5.41 Å². The van der Waals surface area contributed by atoms with Crippen molar-refractivity contribution in [1.29, 1.82) is 0 Å². The number of allylic oxidation sites excluding steroid dienone is 2. The van der Waals surface area contributed by atoms with Gasteiger partial charge in [0.1, 0.15) is 0 Å². The fourth-order valence-electron chi connectivity index (χ4n) is 2.62. The van der Waals surface area contributed by atoms with Crippen LogP contribution < -0.4 is 0 Å². The van der Waals surface area contributed by atoms with E-state index in [2.05, 4.69) is 6.08 Å². The molecule has 1 nitrogen and oxygen atoms in total. The summed E-state index contributed by atoms with van der Waals surface area (Å²) < 4.78 is 0. The van der Waals surface area contributed by atoms with E-state index in [4.69, 9.17) is 0 Å². The quantitative estimate of drug-likeness (QED) is 0.538. The van der Waals surface area contributed by atoms with Crippen LogP contribution in [0, 0.1) is 5.41 Å². The van der Waals surface area contributed by atoms with Gasteiger partial charge in [0.05, 0.1) is 0 Å². The van der Waals surface area contributed by atoms with Crippen molar-refractivity contribution in [2.45, 2.75) is 44.9 Å². The number of carbonyl (C=O) groups excluding carboxylic acids is 1. The van der Waals surface area contributed by atoms with Crippen LogP contribution in [0.3, 0.4) is 0 Å². The molecule has 0 aromatic carbocycles. The predicted molar refractivity (Wildman–Crippen MR) is 48.9 cm³/mol. The van der Waals surface area contributed by atoms with Gasteiger partial charge in [0, 0.05) is 6.42 Å². The summed E-state index contributed by atoms with van der Waals surface area (Å²) in [6, 6.07) is 0. The second-order valence-electron chi connectivity index (χ2n) is 4.31.